The second-order valence-corrected chi connectivity index (χ2v) is 6.87. The molecular weight excluding hydrogens is 234 g/mol. The Balaban J connectivity index is 1.55. The fourth-order valence-electron chi connectivity index (χ4n) is 3.58. The summed E-state index contributed by atoms with van der Waals surface area (Å²) in [5, 5.41) is 3.70. The molecule has 2 aliphatic heterocycles. The number of hydrogen-bond acceptors (Lipinski definition) is 3. The lowest BCUT2D eigenvalue weighted by Crippen LogP contribution is -2.38. The molecule has 0 amide bonds. The van der Waals surface area contributed by atoms with E-state index in [1.165, 1.54) is 64.8 Å². The molecule has 0 bridgehead atoms. The zero-order valence-corrected chi connectivity index (χ0v) is 13.2. The van der Waals surface area contributed by atoms with Gasteiger partial charge in [-0.3, -0.25) is 0 Å². The van der Waals surface area contributed by atoms with Gasteiger partial charge in [0, 0.05) is 18.6 Å². The van der Waals surface area contributed by atoms with Gasteiger partial charge in [-0.1, -0.05) is 6.42 Å². The van der Waals surface area contributed by atoms with Crippen molar-refractivity contribution in [2.45, 2.75) is 58.0 Å². The van der Waals surface area contributed by atoms with Gasteiger partial charge in [-0.05, 0) is 78.7 Å². The molecule has 2 saturated heterocycles. The minimum atomic E-state index is 0.723. The molecule has 0 aromatic heterocycles. The highest BCUT2D eigenvalue weighted by atomic mass is 15.2. The molecule has 0 aromatic carbocycles. The van der Waals surface area contributed by atoms with Crippen molar-refractivity contribution in [3.63, 3.8) is 0 Å². The van der Waals surface area contributed by atoms with Crippen molar-refractivity contribution in [2.24, 2.45) is 5.92 Å². The first-order valence-corrected chi connectivity index (χ1v) is 8.32. The fourth-order valence-corrected chi connectivity index (χ4v) is 3.58. The van der Waals surface area contributed by atoms with E-state index in [9.17, 15) is 0 Å². The van der Waals surface area contributed by atoms with Crippen LogP contribution in [0.3, 0.4) is 0 Å². The summed E-state index contributed by atoms with van der Waals surface area (Å²) in [6, 6.07) is 1.55. The minimum Gasteiger partial charge on any atom is -0.316 e. The smallest absolute Gasteiger partial charge is 0.0104 e. The summed E-state index contributed by atoms with van der Waals surface area (Å²) in [5.74, 6) is 0.881. The summed E-state index contributed by atoms with van der Waals surface area (Å²) in [6.45, 7) is 11.0. The Morgan fingerprint density at radius 3 is 2.68 bits per heavy atom. The van der Waals surface area contributed by atoms with Crippen LogP contribution in [-0.2, 0) is 0 Å². The fraction of sp³-hybridized carbons (Fsp3) is 1.00. The number of likely N-dealkylation sites (tertiary alicyclic amines) is 2. The topological polar surface area (TPSA) is 18.5 Å². The third-order valence-corrected chi connectivity index (χ3v) is 5.06. The largest absolute Gasteiger partial charge is 0.316 e. The van der Waals surface area contributed by atoms with Crippen molar-refractivity contribution < 1.29 is 0 Å². The molecule has 0 spiro atoms. The van der Waals surface area contributed by atoms with Gasteiger partial charge in [0.2, 0.25) is 0 Å². The van der Waals surface area contributed by atoms with Crippen LogP contribution in [0.5, 0.6) is 0 Å². The van der Waals surface area contributed by atoms with Crippen LogP contribution in [0.1, 0.15) is 46.0 Å². The van der Waals surface area contributed by atoms with Crippen molar-refractivity contribution in [2.75, 3.05) is 39.8 Å². The lowest BCUT2D eigenvalue weighted by Gasteiger charge is -2.32. The molecule has 112 valence electrons. The Hall–Kier alpha value is -0.120. The SMILES string of the molecule is CC(C)N1CCC(CNCCC2CCCCN2C)C1. The Bertz CT molecular complexity index is 254. The number of rotatable bonds is 6. The normalized spacial score (nSPS) is 30.3. The zero-order chi connectivity index (χ0) is 13.7. The summed E-state index contributed by atoms with van der Waals surface area (Å²) in [4.78, 5) is 5.17. The molecule has 2 atom stereocenters. The third kappa shape index (κ3) is 4.73. The van der Waals surface area contributed by atoms with Crippen LogP contribution in [0.15, 0.2) is 0 Å². The average molecular weight is 267 g/mol. The Kier molecular flexibility index (Phi) is 6.11. The van der Waals surface area contributed by atoms with E-state index in [1.54, 1.807) is 0 Å². The van der Waals surface area contributed by atoms with Gasteiger partial charge in [0.25, 0.3) is 0 Å². The Morgan fingerprint density at radius 1 is 1.16 bits per heavy atom. The quantitative estimate of drug-likeness (QED) is 0.744. The molecule has 1 N–H and O–H groups in total. The highest BCUT2D eigenvalue weighted by Crippen LogP contribution is 2.19. The van der Waals surface area contributed by atoms with Crippen LogP contribution in [-0.4, -0.2) is 61.7 Å². The van der Waals surface area contributed by atoms with Crippen LogP contribution >= 0.6 is 0 Å². The van der Waals surface area contributed by atoms with E-state index in [0.29, 0.717) is 0 Å². The zero-order valence-electron chi connectivity index (χ0n) is 13.2. The summed E-state index contributed by atoms with van der Waals surface area (Å²) < 4.78 is 0. The summed E-state index contributed by atoms with van der Waals surface area (Å²) >= 11 is 0. The van der Waals surface area contributed by atoms with Gasteiger partial charge >= 0.3 is 0 Å². The predicted octanol–water partition coefficient (Wildman–Crippen LogP) is 2.18. The standard InChI is InChI=1S/C16H33N3/c1-14(2)19-11-8-15(13-19)12-17-9-7-16-6-4-5-10-18(16)3/h14-17H,4-13H2,1-3H3. The van der Waals surface area contributed by atoms with Crippen molar-refractivity contribution in [3.8, 4) is 0 Å². The number of nitrogens with one attached hydrogen (secondary N) is 1. The molecule has 19 heavy (non-hydrogen) atoms. The molecule has 3 heteroatoms. The van der Waals surface area contributed by atoms with Crippen LogP contribution in [0.2, 0.25) is 0 Å². The van der Waals surface area contributed by atoms with E-state index in [-0.39, 0.29) is 0 Å². The first kappa shape index (κ1) is 15.3. The first-order valence-electron chi connectivity index (χ1n) is 8.32. The highest BCUT2D eigenvalue weighted by molar-refractivity contribution is 4.80. The first-order chi connectivity index (χ1) is 9.16. The molecule has 0 aliphatic carbocycles. The monoisotopic (exact) mass is 267 g/mol. The molecule has 2 rings (SSSR count). The second-order valence-electron chi connectivity index (χ2n) is 6.87. The molecule has 3 nitrogen and oxygen atoms in total. The Morgan fingerprint density at radius 2 is 2.00 bits per heavy atom. The van der Waals surface area contributed by atoms with Gasteiger partial charge in [0.05, 0.1) is 0 Å². The molecule has 2 fully saturated rings. The van der Waals surface area contributed by atoms with Gasteiger partial charge in [-0.25, -0.2) is 0 Å². The van der Waals surface area contributed by atoms with E-state index >= 15 is 0 Å². The molecule has 2 aliphatic rings. The van der Waals surface area contributed by atoms with Gasteiger partial charge in [-0.2, -0.15) is 0 Å². The Labute approximate surface area is 119 Å². The average Bonchev–Trinajstić information content (AvgIpc) is 2.85. The third-order valence-electron chi connectivity index (χ3n) is 5.06. The van der Waals surface area contributed by atoms with Crippen LogP contribution < -0.4 is 5.32 Å². The molecule has 0 saturated carbocycles. The van der Waals surface area contributed by atoms with E-state index in [0.717, 1.165) is 18.0 Å². The van der Waals surface area contributed by atoms with Crippen molar-refractivity contribution in [1.82, 2.24) is 15.1 Å². The summed E-state index contributed by atoms with van der Waals surface area (Å²) in [7, 11) is 2.29. The molecule has 2 heterocycles. The molecule has 2 unspecified atom stereocenters. The van der Waals surface area contributed by atoms with Crippen LogP contribution in [0.4, 0.5) is 0 Å². The van der Waals surface area contributed by atoms with E-state index in [1.807, 2.05) is 0 Å². The maximum Gasteiger partial charge on any atom is 0.0104 e. The summed E-state index contributed by atoms with van der Waals surface area (Å²) in [6.07, 6.45) is 6.95. The lowest BCUT2D eigenvalue weighted by molar-refractivity contribution is 0.175. The highest BCUT2D eigenvalue weighted by Gasteiger charge is 2.24. The molecular formula is C16H33N3. The van der Waals surface area contributed by atoms with Crippen LogP contribution in [0.25, 0.3) is 0 Å². The van der Waals surface area contributed by atoms with Gasteiger partial charge in [0.15, 0.2) is 0 Å². The van der Waals surface area contributed by atoms with E-state index in [2.05, 4.69) is 36.0 Å². The van der Waals surface area contributed by atoms with Crippen LogP contribution in [0, 0.1) is 5.92 Å². The van der Waals surface area contributed by atoms with E-state index < -0.39 is 0 Å². The predicted molar refractivity (Wildman–Crippen MR) is 82.6 cm³/mol. The number of piperidine rings is 1. The lowest BCUT2D eigenvalue weighted by atomic mass is 10.00. The number of nitrogens with zero attached hydrogens (tertiary/aromatic N) is 2. The van der Waals surface area contributed by atoms with E-state index in [4.69, 9.17) is 0 Å². The number of hydrogen-bond donors (Lipinski definition) is 1. The maximum atomic E-state index is 3.70. The molecule has 0 radical (unpaired) electrons. The van der Waals surface area contributed by atoms with Crippen molar-refractivity contribution in [3.05, 3.63) is 0 Å². The molecule has 0 aromatic rings. The maximum absolute atomic E-state index is 3.70. The van der Waals surface area contributed by atoms with Gasteiger partial charge in [-0.15, -0.1) is 0 Å². The van der Waals surface area contributed by atoms with Gasteiger partial charge in [0.1, 0.15) is 0 Å². The van der Waals surface area contributed by atoms with Gasteiger partial charge < -0.3 is 15.1 Å². The van der Waals surface area contributed by atoms with Crippen molar-refractivity contribution in [1.29, 1.82) is 0 Å². The second kappa shape index (κ2) is 7.61. The van der Waals surface area contributed by atoms with Crippen molar-refractivity contribution >= 4 is 0 Å². The summed E-state index contributed by atoms with van der Waals surface area (Å²) in [5.41, 5.74) is 0. The minimum absolute atomic E-state index is 0.723.